The molecule has 0 unspecified atom stereocenters. The number of amides is 1. The van der Waals surface area contributed by atoms with Crippen molar-refractivity contribution >= 4 is 12.0 Å². The van der Waals surface area contributed by atoms with Gasteiger partial charge >= 0.3 is 0 Å². The van der Waals surface area contributed by atoms with Gasteiger partial charge in [-0.25, -0.2) is 0 Å². The van der Waals surface area contributed by atoms with Crippen LogP contribution in [0, 0.1) is 0 Å². The molecule has 1 fully saturated rings. The van der Waals surface area contributed by atoms with E-state index in [9.17, 15) is 4.79 Å². The lowest BCUT2D eigenvalue weighted by atomic mass is 10.1. The summed E-state index contributed by atoms with van der Waals surface area (Å²) >= 11 is 0. The largest absolute Gasteiger partial charge is 0.493 e. The monoisotopic (exact) mass is 305 g/mol. The van der Waals surface area contributed by atoms with Gasteiger partial charge in [-0.3, -0.25) is 4.79 Å². The number of benzene rings is 1. The molecule has 0 heterocycles. The van der Waals surface area contributed by atoms with E-state index in [1.165, 1.54) is 18.9 Å². The fourth-order valence-corrected chi connectivity index (χ4v) is 2.74. The lowest BCUT2D eigenvalue weighted by Crippen LogP contribution is -2.30. The first-order chi connectivity index (χ1) is 10.7. The van der Waals surface area contributed by atoms with Crippen LogP contribution in [0.5, 0.6) is 17.2 Å². The molecule has 5 nitrogen and oxygen atoms in total. The molecule has 1 aliphatic rings. The Morgan fingerprint density at radius 3 is 2.36 bits per heavy atom. The maximum atomic E-state index is 12.0. The molecule has 120 valence electrons. The maximum Gasteiger partial charge on any atom is 0.244 e. The van der Waals surface area contributed by atoms with Crippen LogP contribution < -0.4 is 19.5 Å². The molecule has 1 N–H and O–H groups in total. The minimum absolute atomic E-state index is 0.0799. The first kappa shape index (κ1) is 16.2. The summed E-state index contributed by atoms with van der Waals surface area (Å²) in [5.41, 5.74) is 0.765. The van der Waals surface area contributed by atoms with E-state index in [-0.39, 0.29) is 5.91 Å². The number of carbonyl (C=O) groups excluding carboxylic acids is 1. The van der Waals surface area contributed by atoms with E-state index in [1.807, 2.05) is 6.07 Å². The van der Waals surface area contributed by atoms with Crippen LogP contribution in [0.4, 0.5) is 0 Å². The van der Waals surface area contributed by atoms with Gasteiger partial charge in [0.25, 0.3) is 0 Å². The molecule has 0 bridgehead atoms. The zero-order chi connectivity index (χ0) is 15.9. The van der Waals surface area contributed by atoms with Crippen molar-refractivity contribution in [2.45, 2.75) is 31.7 Å². The predicted molar refractivity (Wildman–Crippen MR) is 85.5 cm³/mol. The van der Waals surface area contributed by atoms with Gasteiger partial charge in [-0.1, -0.05) is 12.8 Å². The minimum Gasteiger partial charge on any atom is -0.493 e. The van der Waals surface area contributed by atoms with E-state index in [0.29, 0.717) is 23.3 Å². The maximum absolute atomic E-state index is 12.0. The van der Waals surface area contributed by atoms with Crippen LogP contribution in [0.2, 0.25) is 0 Å². The molecule has 1 aliphatic carbocycles. The molecular weight excluding hydrogens is 282 g/mol. The van der Waals surface area contributed by atoms with Crippen LogP contribution >= 0.6 is 0 Å². The third kappa shape index (κ3) is 3.72. The van der Waals surface area contributed by atoms with E-state index in [2.05, 4.69) is 5.32 Å². The summed E-state index contributed by atoms with van der Waals surface area (Å²) in [6, 6.07) is 3.93. The fraction of sp³-hybridized carbons (Fsp3) is 0.471. The standard InChI is InChI=1S/C17H23NO4/c1-20-14-10-8-12(16(21-2)17(14)22-3)9-11-15(19)18-13-6-4-5-7-13/h8-11,13H,4-7H2,1-3H3,(H,18,19)/b11-9+. The summed E-state index contributed by atoms with van der Waals surface area (Å²) in [7, 11) is 4.69. The fourth-order valence-electron chi connectivity index (χ4n) is 2.74. The highest BCUT2D eigenvalue weighted by atomic mass is 16.5. The Labute approximate surface area is 131 Å². The molecule has 0 saturated heterocycles. The van der Waals surface area contributed by atoms with Crippen molar-refractivity contribution in [1.82, 2.24) is 5.32 Å². The zero-order valence-electron chi connectivity index (χ0n) is 13.3. The number of hydrogen-bond donors (Lipinski definition) is 1. The van der Waals surface area contributed by atoms with Crippen molar-refractivity contribution in [2.24, 2.45) is 0 Å². The van der Waals surface area contributed by atoms with E-state index in [1.54, 1.807) is 33.5 Å². The van der Waals surface area contributed by atoms with Crippen LogP contribution in [0.15, 0.2) is 18.2 Å². The summed E-state index contributed by atoms with van der Waals surface area (Å²) in [6.07, 6.45) is 7.78. The van der Waals surface area contributed by atoms with Crippen molar-refractivity contribution in [3.05, 3.63) is 23.8 Å². The normalized spacial score (nSPS) is 15.0. The Balaban J connectivity index is 2.14. The van der Waals surface area contributed by atoms with Crippen molar-refractivity contribution in [1.29, 1.82) is 0 Å². The minimum atomic E-state index is -0.0799. The Kier molecular flexibility index (Phi) is 5.69. The van der Waals surface area contributed by atoms with Crippen LogP contribution in [0.1, 0.15) is 31.2 Å². The number of methoxy groups -OCH3 is 3. The molecule has 1 saturated carbocycles. The van der Waals surface area contributed by atoms with Gasteiger partial charge in [0, 0.05) is 17.7 Å². The molecule has 0 spiro atoms. The lowest BCUT2D eigenvalue weighted by Gasteiger charge is -2.14. The Bertz CT molecular complexity index is 548. The second-order valence-electron chi connectivity index (χ2n) is 5.25. The van der Waals surface area contributed by atoms with E-state index in [0.717, 1.165) is 18.4 Å². The summed E-state index contributed by atoms with van der Waals surface area (Å²) < 4.78 is 16.0. The van der Waals surface area contributed by atoms with Gasteiger partial charge in [0.2, 0.25) is 11.7 Å². The molecule has 0 aromatic heterocycles. The van der Waals surface area contributed by atoms with E-state index < -0.39 is 0 Å². The van der Waals surface area contributed by atoms with E-state index >= 15 is 0 Å². The molecule has 2 rings (SSSR count). The lowest BCUT2D eigenvalue weighted by molar-refractivity contribution is -0.117. The number of hydrogen-bond acceptors (Lipinski definition) is 4. The van der Waals surface area contributed by atoms with Gasteiger partial charge in [-0.05, 0) is 31.1 Å². The highest BCUT2D eigenvalue weighted by Crippen LogP contribution is 2.40. The Hall–Kier alpha value is -2.17. The Morgan fingerprint density at radius 1 is 1.09 bits per heavy atom. The summed E-state index contributed by atoms with van der Waals surface area (Å²) in [4.78, 5) is 12.0. The first-order valence-corrected chi connectivity index (χ1v) is 7.47. The van der Waals surface area contributed by atoms with Crippen LogP contribution in [0.25, 0.3) is 6.08 Å². The molecule has 0 radical (unpaired) electrons. The highest BCUT2D eigenvalue weighted by molar-refractivity contribution is 5.92. The van der Waals surface area contributed by atoms with Crippen molar-refractivity contribution < 1.29 is 19.0 Å². The molecular formula is C17H23NO4. The topological polar surface area (TPSA) is 56.8 Å². The van der Waals surface area contributed by atoms with Crippen molar-refractivity contribution in [3.8, 4) is 17.2 Å². The van der Waals surface area contributed by atoms with Gasteiger partial charge < -0.3 is 19.5 Å². The van der Waals surface area contributed by atoms with Crippen molar-refractivity contribution in [2.75, 3.05) is 21.3 Å². The van der Waals surface area contributed by atoms with Crippen LogP contribution in [-0.4, -0.2) is 33.3 Å². The molecule has 5 heteroatoms. The Morgan fingerprint density at radius 2 is 1.77 bits per heavy atom. The summed E-state index contributed by atoms with van der Waals surface area (Å²) in [5, 5.41) is 3.02. The molecule has 0 atom stereocenters. The van der Waals surface area contributed by atoms with E-state index in [4.69, 9.17) is 14.2 Å². The van der Waals surface area contributed by atoms with Crippen molar-refractivity contribution in [3.63, 3.8) is 0 Å². The highest BCUT2D eigenvalue weighted by Gasteiger charge is 2.17. The molecule has 1 amide bonds. The SMILES string of the molecule is COc1ccc(/C=C/C(=O)NC2CCCC2)c(OC)c1OC. The molecule has 1 aromatic carbocycles. The molecule has 22 heavy (non-hydrogen) atoms. The van der Waals surface area contributed by atoms with Crippen LogP contribution in [0.3, 0.4) is 0 Å². The number of ether oxygens (including phenoxy) is 3. The predicted octanol–water partition coefficient (Wildman–Crippen LogP) is 2.78. The second kappa shape index (κ2) is 7.73. The average molecular weight is 305 g/mol. The zero-order valence-corrected chi connectivity index (χ0v) is 13.3. The van der Waals surface area contributed by atoms with Gasteiger partial charge in [0.1, 0.15) is 0 Å². The van der Waals surface area contributed by atoms with Crippen LogP contribution in [-0.2, 0) is 4.79 Å². The average Bonchev–Trinajstić information content (AvgIpc) is 3.04. The van der Waals surface area contributed by atoms with Gasteiger partial charge in [-0.15, -0.1) is 0 Å². The third-order valence-corrected chi connectivity index (χ3v) is 3.85. The van der Waals surface area contributed by atoms with Gasteiger partial charge in [-0.2, -0.15) is 0 Å². The molecule has 0 aliphatic heterocycles. The quantitative estimate of drug-likeness (QED) is 0.821. The first-order valence-electron chi connectivity index (χ1n) is 7.47. The summed E-state index contributed by atoms with van der Waals surface area (Å²) in [6.45, 7) is 0. The number of rotatable bonds is 6. The summed E-state index contributed by atoms with van der Waals surface area (Å²) in [5.74, 6) is 1.57. The number of carbonyl (C=O) groups is 1. The smallest absolute Gasteiger partial charge is 0.244 e. The van der Waals surface area contributed by atoms with Gasteiger partial charge in [0.15, 0.2) is 11.5 Å². The second-order valence-corrected chi connectivity index (χ2v) is 5.25. The molecule has 1 aromatic rings. The number of nitrogens with one attached hydrogen (secondary N) is 1. The third-order valence-electron chi connectivity index (χ3n) is 3.85. The van der Waals surface area contributed by atoms with Gasteiger partial charge in [0.05, 0.1) is 21.3 Å².